The molecule has 4 nitrogen and oxygen atoms in total. The van der Waals surface area contributed by atoms with E-state index < -0.39 is 0 Å². The van der Waals surface area contributed by atoms with Gasteiger partial charge in [-0.1, -0.05) is 37.1 Å². The highest BCUT2D eigenvalue weighted by Gasteiger charge is 2.10. The SMILES string of the molecule is CC(C)(C)NC(N)=NCc1ccc(CN2CCCCCC2)cc1.I. The first-order chi connectivity index (χ1) is 10.9. The minimum absolute atomic E-state index is 0. The molecule has 0 bridgehead atoms. The van der Waals surface area contributed by atoms with Gasteiger partial charge in [-0.05, 0) is 57.8 Å². The molecule has 1 aliphatic rings. The van der Waals surface area contributed by atoms with Crippen LogP contribution in [0.15, 0.2) is 29.3 Å². The van der Waals surface area contributed by atoms with Gasteiger partial charge in [0, 0.05) is 12.1 Å². The average molecular weight is 444 g/mol. The standard InChI is InChI=1S/C19H32N4.HI/c1-19(2,3)22-18(20)21-14-16-8-10-17(11-9-16)15-23-12-6-4-5-7-13-23;/h8-11H,4-7,12-15H2,1-3H3,(H3,20,21,22);1H. The van der Waals surface area contributed by atoms with Crippen LogP contribution in [0.25, 0.3) is 0 Å². The molecule has 24 heavy (non-hydrogen) atoms. The molecule has 0 aliphatic carbocycles. The maximum atomic E-state index is 5.91. The van der Waals surface area contributed by atoms with Gasteiger partial charge in [-0.15, -0.1) is 24.0 Å². The lowest BCUT2D eigenvalue weighted by Crippen LogP contribution is -2.44. The van der Waals surface area contributed by atoms with Crippen LogP contribution in [-0.2, 0) is 13.1 Å². The summed E-state index contributed by atoms with van der Waals surface area (Å²) >= 11 is 0. The van der Waals surface area contributed by atoms with Crippen LogP contribution in [0.4, 0.5) is 0 Å². The zero-order valence-corrected chi connectivity index (χ0v) is 17.7. The summed E-state index contributed by atoms with van der Waals surface area (Å²) in [6.45, 7) is 10.4. The van der Waals surface area contributed by atoms with E-state index in [0.717, 1.165) is 6.54 Å². The fraction of sp³-hybridized carbons (Fsp3) is 0.632. The van der Waals surface area contributed by atoms with Crippen molar-refractivity contribution in [3.05, 3.63) is 35.4 Å². The van der Waals surface area contributed by atoms with Gasteiger partial charge in [0.05, 0.1) is 6.54 Å². The van der Waals surface area contributed by atoms with E-state index in [2.05, 4.69) is 60.2 Å². The van der Waals surface area contributed by atoms with Gasteiger partial charge in [-0.2, -0.15) is 0 Å². The Balaban J connectivity index is 0.00000288. The Labute approximate surface area is 164 Å². The Morgan fingerprint density at radius 3 is 2.12 bits per heavy atom. The Kier molecular flexibility index (Phi) is 9.05. The molecule has 136 valence electrons. The first kappa shape index (κ1) is 21.2. The number of likely N-dealkylation sites (tertiary alicyclic amines) is 1. The summed E-state index contributed by atoms with van der Waals surface area (Å²) in [5.41, 5.74) is 8.44. The van der Waals surface area contributed by atoms with E-state index in [4.69, 9.17) is 5.73 Å². The highest BCUT2D eigenvalue weighted by molar-refractivity contribution is 14.0. The van der Waals surface area contributed by atoms with Crippen molar-refractivity contribution in [3.8, 4) is 0 Å². The summed E-state index contributed by atoms with van der Waals surface area (Å²) in [7, 11) is 0. The van der Waals surface area contributed by atoms with Crippen molar-refractivity contribution in [2.45, 2.75) is 65.1 Å². The number of benzene rings is 1. The molecule has 1 aromatic rings. The van der Waals surface area contributed by atoms with Crippen molar-refractivity contribution in [2.24, 2.45) is 10.7 Å². The fourth-order valence-electron chi connectivity index (χ4n) is 2.90. The number of aliphatic imine (C=N–C) groups is 1. The summed E-state index contributed by atoms with van der Waals surface area (Å²) in [6, 6.07) is 8.79. The lowest BCUT2D eigenvalue weighted by Gasteiger charge is -2.21. The van der Waals surface area contributed by atoms with Gasteiger partial charge in [-0.25, -0.2) is 4.99 Å². The number of nitrogens with one attached hydrogen (secondary N) is 1. The second kappa shape index (κ2) is 10.2. The molecule has 2 rings (SSSR count). The van der Waals surface area contributed by atoms with Crippen molar-refractivity contribution >= 4 is 29.9 Å². The second-order valence-corrected chi connectivity index (χ2v) is 7.58. The summed E-state index contributed by atoms with van der Waals surface area (Å²) in [5, 5.41) is 3.18. The van der Waals surface area contributed by atoms with E-state index in [-0.39, 0.29) is 29.5 Å². The summed E-state index contributed by atoms with van der Waals surface area (Å²) in [4.78, 5) is 6.99. The Morgan fingerprint density at radius 2 is 1.58 bits per heavy atom. The van der Waals surface area contributed by atoms with E-state index in [1.165, 1.54) is 49.9 Å². The molecule has 1 aliphatic heterocycles. The van der Waals surface area contributed by atoms with E-state index in [1.54, 1.807) is 0 Å². The molecule has 0 aromatic heterocycles. The van der Waals surface area contributed by atoms with Crippen LogP contribution in [0.1, 0.15) is 57.6 Å². The van der Waals surface area contributed by atoms with Crippen LogP contribution in [0, 0.1) is 0 Å². The van der Waals surface area contributed by atoms with Crippen LogP contribution in [-0.4, -0.2) is 29.5 Å². The molecule has 0 atom stereocenters. The molecule has 0 saturated carbocycles. The number of hydrogen-bond acceptors (Lipinski definition) is 2. The molecular weight excluding hydrogens is 411 g/mol. The Morgan fingerprint density at radius 1 is 1.04 bits per heavy atom. The van der Waals surface area contributed by atoms with Crippen molar-refractivity contribution in [1.29, 1.82) is 0 Å². The first-order valence-corrected chi connectivity index (χ1v) is 8.81. The van der Waals surface area contributed by atoms with Crippen LogP contribution < -0.4 is 11.1 Å². The third kappa shape index (κ3) is 8.33. The zero-order chi connectivity index (χ0) is 16.7. The Hall–Kier alpha value is -0.820. The smallest absolute Gasteiger partial charge is 0.189 e. The molecule has 0 amide bonds. The minimum atomic E-state index is -0.0510. The number of nitrogens with zero attached hydrogens (tertiary/aromatic N) is 2. The molecule has 1 aromatic carbocycles. The highest BCUT2D eigenvalue weighted by atomic mass is 127. The maximum absolute atomic E-state index is 5.91. The number of guanidine groups is 1. The first-order valence-electron chi connectivity index (χ1n) is 8.81. The summed E-state index contributed by atoms with van der Waals surface area (Å²) in [6.07, 6.45) is 5.45. The molecule has 1 saturated heterocycles. The lowest BCUT2D eigenvalue weighted by atomic mass is 10.1. The molecule has 1 fully saturated rings. The van der Waals surface area contributed by atoms with Crippen LogP contribution in [0.3, 0.4) is 0 Å². The third-order valence-electron chi connectivity index (χ3n) is 4.06. The zero-order valence-electron chi connectivity index (χ0n) is 15.3. The third-order valence-corrected chi connectivity index (χ3v) is 4.06. The molecule has 3 N–H and O–H groups in total. The van der Waals surface area contributed by atoms with Crippen molar-refractivity contribution in [1.82, 2.24) is 10.2 Å². The molecule has 0 unspecified atom stereocenters. The predicted molar refractivity (Wildman–Crippen MR) is 114 cm³/mol. The van der Waals surface area contributed by atoms with Gasteiger partial charge >= 0.3 is 0 Å². The van der Waals surface area contributed by atoms with Gasteiger partial charge in [0.2, 0.25) is 0 Å². The van der Waals surface area contributed by atoms with Gasteiger partial charge in [0.25, 0.3) is 0 Å². The summed E-state index contributed by atoms with van der Waals surface area (Å²) < 4.78 is 0. The van der Waals surface area contributed by atoms with E-state index >= 15 is 0 Å². The van der Waals surface area contributed by atoms with Crippen LogP contribution in [0.5, 0.6) is 0 Å². The molecule has 0 spiro atoms. The largest absolute Gasteiger partial charge is 0.370 e. The normalized spacial score (nSPS) is 17.0. The average Bonchev–Trinajstić information content (AvgIpc) is 2.73. The fourth-order valence-corrected chi connectivity index (χ4v) is 2.90. The second-order valence-electron chi connectivity index (χ2n) is 7.58. The number of hydrogen-bond donors (Lipinski definition) is 2. The Bertz CT molecular complexity index is 497. The predicted octanol–water partition coefficient (Wildman–Crippen LogP) is 3.88. The van der Waals surface area contributed by atoms with Gasteiger partial charge in [0.1, 0.15) is 0 Å². The van der Waals surface area contributed by atoms with Crippen LogP contribution in [0.2, 0.25) is 0 Å². The molecule has 1 heterocycles. The minimum Gasteiger partial charge on any atom is -0.370 e. The quantitative estimate of drug-likeness (QED) is 0.421. The lowest BCUT2D eigenvalue weighted by molar-refractivity contribution is 0.277. The van der Waals surface area contributed by atoms with Crippen molar-refractivity contribution < 1.29 is 0 Å². The van der Waals surface area contributed by atoms with Gasteiger partial charge in [0.15, 0.2) is 5.96 Å². The van der Waals surface area contributed by atoms with E-state index in [1.807, 2.05) is 0 Å². The van der Waals surface area contributed by atoms with Crippen molar-refractivity contribution in [3.63, 3.8) is 0 Å². The molecular formula is C19H33IN4. The van der Waals surface area contributed by atoms with E-state index in [9.17, 15) is 0 Å². The number of halogens is 1. The van der Waals surface area contributed by atoms with E-state index in [0.29, 0.717) is 12.5 Å². The maximum Gasteiger partial charge on any atom is 0.189 e. The topological polar surface area (TPSA) is 53.6 Å². The number of rotatable bonds is 4. The number of nitrogens with two attached hydrogens (primary N) is 1. The monoisotopic (exact) mass is 444 g/mol. The van der Waals surface area contributed by atoms with Gasteiger partial charge < -0.3 is 11.1 Å². The summed E-state index contributed by atoms with van der Waals surface area (Å²) in [5.74, 6) is 0.506. The highest BCUT2D eigenvalue weighted by Crippen LogP contribution is 2.14. The van der Waals surface area contributed by atoms with Gasteiger partial charge in [-0.3, -0.25) is 4.90 Å². The molecule has 0 radical (unpaired) electrons. The van der Waals surface area contributed by atoms with Crippen molar-refractivity contribution in [2.75, 3.05) is 13.1 Å². The van der Waals surface area contributed by atoms with Crippen LogP contribution >= 0.6 is 24.0 Å². The molecule has 5 heteroatoms.